The van der Waals surface area contributed by atoms with Crippen molar-refractivity contribution in [3.63, 3.8) is 0 Å². The third-order valence-electron chi connectivity index (χ3n) is 3.53. The lowest BCUT2D eigenvalue weighted by atomic mass is 10.2. The van der Waals surface area contributed by atoms with E-state index in [0.29, 0.717) is 5.76 Å². The Balaban J connectivity index is 1.59. The SMILES string of the molecule is N/C(=N\N=C\c1ccco1)SC1CC(=O)N(Cc2ccccc2)C1=O. The number of furan rings is 1. The number of imide groups is 1. The maximum atomic E-state index is 12.4. The van der Waals surface area contributed by atoms with Crippen LogP contribution in [0.4, 0.5) is 0 Å². The van der Waals surface area contributed by atoms with E-state index in [4.69, 9.17) is 10.2 Å². The molecule has 7 nitrogen and oxygen atoms in total. The first-order chi connectivity index (χ1) is 12.1. The highest BCUT2D eigenvalue weighted by Crippen LogP contribution is 2.26. The summed E-state index contributed by atoms with van der Waals surface area (Å²) >= 11 is 1.04. The molecule has 0 spiro atoms. The normalized spacial score (nSPS) is 18.5. The first kappa shape index (κ1) is 17.0. The van der Waals surface area contributed by atoms with Crippen LogP contribution in [0.25, 0.3) is 0 Å². The molecule has 0 saturated carbocycles. The predicted octanol–water partition coefficient (Wildman–Crippen LogP) is 1.99. The zero-order chi connectivity index (χ0) is 17.6. The zero-order valence-corrected chi connectivity index (χ0v) is 14.1. The quantitative estimate of drug-likeness (QED) is 0.382. The van der Waals surface area contributed by atoms with E-state index in [1.807, 2.05) is 30.3 Å². The van der Waals surface area contributed by atoms with Crippen LogP contribution in [0.15, 0.2) is 63.3 Å². The fourth-order valence-corrected chi connectivity index (χ4v) is 3.19. The molecule has 8 heteroatoms. The van der Waals surface area contributed by atoms with Crippen LogP contribution >= 0.6 is 11.8 Å². The summed E-state index contributed by atoms with van der Waals surface area (Å²) in [6, 6.07) is 12.8. The summed E-state index contributed by atoms with van der Waals surface area (Å²) in [5, 5.41) is 7.17. The molecule has 1 aliphatic rings. The summed E-state index contributed by atoms with van der Waals surface area (Å²) < 4.78 is 5.08. The van der Waals surface area contributed by atoms with Gasteiger partial charge in [0.1, 0.15) is 11.0 Å². The number of likely N-dealkylation sites (tertiary alicyclic amines) is 1. The topological polar surface area (TPSA) is 101 Å². The second-order valence-corrected chi connectivity index (χ2v) is 6.54. The maximum absolute atomic E-state index is 12.4. The standard InChI is InChI=1S/C17H16N4O3S/c18-17(20-19-10-13-7-4-8-24-13)25-14-9-15(22)21(16(14)23)11-12-5-2-1-3-6-12/h1-8,10,14H,9,11H2,(H2,18,20)/b19-10+. The van der Waals surface area contributed by atoms with Crippen molar-refractivity contribution < 1.29 is 14.0 Å². The van der Waals surface area contributed by atoms with Crippen molar-refractivity contribution in [2.24, 2.45) is 15.9 Å². The molecular weight excluding hydrogens is 340 g/mol. The molecule has 1 fully saturated rings. The van der Waals surface area contributed by atoms with E-state index in [0.717, 1.165) is 17.3 Å². The third-order valence-corrected chi connectivity index (χ3v) is 4.51. The van der Waals surface area contributed by atoms with Gasteiger partial charge in [-0.25, -0.2) is 0 Å². The maximum Gasteiger partial charge on any atom is 0.243 e. The minimum atomic E-state index is -0.571. The van der Waals surface area contributed by atoms with Gasteiger partial charge in [0, 0.05) is 6.42 Å². The van der Waals surface area contributed by atoms with E-state index in [1.54, 1.807) is 12.1 Å². The summed E-state index contributed by atoms with van der Waals surface area (Å²) in [6.07, 6.45) is 3.04. The van der Waals surface area contributed by atoms with E-state index in [-0.39, 0.29) is 29.9 Å². The molecule has 1 aromatic heterocycles. The summed E-state index contributed by atoms with van der Waals surface area (Å²) in [4.78, 5) is 25.8. The van der Waals surface area contributed by atoms with Crippen LogP contribution in [-0.2, 0) is 16.1 Å². The first-order valence-electron chi connectivity index (χ1n) is 7.58. The monoisotopic (exact) mass is 356 g/mol. The Kier molecular flexibility index (Phi) is 5.30. The minimum Gasteiger partial charge on any atom is -0.463 e. The number of nitrogens with zero attached hydrogens (tertiary/aromatic N) is 3. The van der Waals surface area contributed by atoms with Gasteiger partial charge in [-0.05, 0) is 17.7 Å². The molecule has 0 radical (unpaired) electrons. The number of benzene rings is 1. The Hall–Kier alpha value is -2.87. The molecule has 1 aliphatic heterocycles. The Bertz CT molecular complexity index is 803. The van der Waals surface area contributed by atoms with Gasteiger partial charge in [-0.15, -0.1) is 5.10 Å². The van der Waals surface area contributed by atoms with Crippen LogP contribution in [0.3, 0.4) is 0 Å². The van der Waals surface area contributed by atoms with Crippen LogP contribution in [0.5, 0.6) is 0 Å². The lowest BCUT2D eigenvalue weighted by Crippen LogP contribution is -2.31. The van der Waals surface area contributed by atoms with Crippen molar-refractivity contribution in [2.45, 2.75) is 18.2 Å². The molecule has 3 rings (SSSR count). The highest BCUT2D eigenvalue weighted by atomic mass is 32.2. The van der Waals surface area contributed by atoms with Gasteiger partial charge in [0.15, 0.2) is 5.17 Å². The van der Waals surface area contributed by atoms with Crippen molar-refractivity contribution in [2.75, 3.05) is 0 Å². The number of thioether (sulfide) groups is 1. The van der Waals surface area contributed by atoms with E-state index < -0.39 is 5.25 Å². The minimum absolute atomic E-state index is 0.106. The average Bonchev–Trinajstić information content (AvgIpc) is 3.20. The van der Waals surface area contributed by atoms with Gasteiger partial charge < -0.3 is 10.2 Å². The number of hydrogen-bond donors (Lipinski definition) is 1. The zero-order valence-electron chi connectivity index (χ0n) is 13.2. The largest absolute Gasteiger partial charge is 0.463 e. The molecule has 1 atom stereocenters. The third kappa shape index (κ3) is 4.36. The average molecular weight is 356 g/mol. The summed E-state index contributed by atoms with van der Waals surface area (Å²) in [5.41, 5.74) is 6.69. The van der Waals surface area contributed by atoms with Gasteiger partial charge in [0.2, 0.25) is 11.8 Å². The van der Waals surface area contributed by atoms with Gasteiger partial charge >= 0.3 is 0 Å². The second-order valence-electron chi connectivity index (χ2n) is 5.31. The van der Waals surface area contributed by atoms with Crippen molar-refractivity contribution in [1.82, 2.24) is 4.90 Å². The van der Waals surface area contributed by atoms with E-state index in [1.165, 1.54) is 17.4 Å². The van der Waals surface area contributed by atoms with Crippen LogP contribution in [0.2, 0.25) is 0 Å². The first-order valence-corrected chi connectivity index (χ1v) is 8.46. The molecular formula is C17H16N4O3S. The van der Waals surface area contributed by atoms with Crippen LogP contribution in [0, 0.1) is 0 Å². The van der Waals surface area contributed by atoms with E-state index in [2.05, 4.69) is 10.2 Å². The molecule has 2 N–H and O–H groups in total. The molecule has 128 valence electrons. The molecule has 0 aliphatic carbocycles. The van der Waals surface area contributed by atoms with E-state index >= 15 is 0 Å². The van der Waals surface area contributed by atoms with Crippen molar-refractivity contribution in [3.8, 4) is 0 Å². The molecule has 0 bridgehead atoms. The van der Waals surface area contributed by atoms with Crippen LogP contribution in [-0.4, -0.2) is 33.3 Å². The Labute approximate surface area is 148 Å². The van der Waals surface area contributed by atoms with Gasteiger partial charge in [-0.1, -0.05) is 42.1 Å². The Morgan fingerprint density at radius 2 is 2.08 bits per heavy atom. The molecule has 2 amide bonds. The number of amides is 2. The lowest BCUT2D eigenvalue weighted by molar-refractivity contribution is -0.138. The molecule has 1 saturated heterocycles. The Morgan fingerprint density at radius 3 is 2.80 bits per heavy atom. The molecule has 2 aromatic rings. The van der Waals surface area contributed by atoms with E-state index in [9.17, 15) is 9.59 Å². The number of rotatable bonds is 5. The van der Waals surface area contributed by atoms with Gasteiger partial charge in [0.05, 0.1) is 19.0 Å². The van der Waals surface area contributed by atoms with Crippen LogP contribution in [0.1, 0.15) is 17.7 Å². The number of carbonyl (C=O) groups excluding carboxylic acids is 2. The number of amidine groups is 1. The highest BCUT2D eigenvalue weighted by molar-refractivity contribution is 8.14. The summed E-state index contributed by atoms with van der Waals surface area (Å²) in [5.74, 6) is 0.0768. The fourth-order valence-electron chi connectivity index (χ4n) is 2.35. The summed E-state index contributed by atoms with van der Waals surface area (Å²) in [6.45, 7) is 0.267. The predicted molar refractivity (Wildman–Crippen MR) is 95.9 cm³/mol. The number of carbonyl (C=O) groups is 2. The van der Waals surface area contributed by atoms with Gasteiger partial charge in [-0.2, -0.15) is 5.10 Å². The van der Waals surface area contributed by atoms with Gasteiger partial charge in [0.25, 0.3) is 0 Å². The molecule has 2 heterocycles. The van der Waals surface area contributed by atoms with Crippen molar-refractivity contribution >= 4 is 35.0 Å². The molecule has 1 unspecified atom stereocenters. The highest BCUT2D eigenvalue weighted by Gasteiger charge is 2.39. The number of hydrogen-bond acceptors (Lipinski definition) is 6. The number of nitrogens with two attached hydrogens (primary N) is 1. The fraction of sp³-hybridized carbons (Fsp3) is 0.176. The molecule has 25 heavy (non-hydrogen) atoms. The lowest BCUT2D eigenvalue weighted by Gasteiger charge is -2.14. The molecule has 1 aromatic carbocycles. The summed E-state index contributed by atoms with van der Waals surface area (Å²) in [7, 11) is 0. The van der Waals surface area contributed by atoms with Gasteiger partial charge in [-0.3, -0.25) is 14.5 Å². The van der Waals surface area contributed by atoms with Crippen LogP contribution < -0.4 is 5.73 Å². The second kappa shape index (κ2) is 7.80. The van der Waals surface area contributed by atoms with Crippen molar-refractivity contribution in [1.29, 1.82) is 0 Å². The smallest absolute Gasteiger partial charge is 0.243 e. The Morgan fingerprint density at radius 1 is 1.28 bits per heavy atom. The van der Waals surface area contributed by atoms with Crippen molar-refractivity contribution in [3.05, 3.63) is 60.1 Å².